The van der Waals surface area contributed by atoms with Gasteiger partial charge < -0.3 is 9.88 Å². The molecule has 1 aliphatic rings. The minimum absolute atomic E-state index is 0.0293. The largest absolute Gasteiger partial charge is 0.420 e. The SMILES string of the molecule is CSN1CCC(Nc2ncc(C(F)(F)F)c(-c3cn(-c4ccc(C(C)=O)cc4Cl)cn3)n2)CC1. The van der Waals surface area contributed by atoms with Gasteiger partial charge in [0.25, 0.3) is 0 Å². The Kier molecular flexibility index (Phi) is 7.15. The Bertz CT molecular complexity index is 1190. The fourth-order valence-electron chi connectivity index (χ4n) is 3.73. The lowest BCUT2D eigenvalue weighted by atomic mass is 10.1. The monoisotopic (exact) mass is 510 g/mol. The van der Waals surface area contributed by atoms with Crippen LogP contribution in [0.15, 0.2) is 36.9 Å². The molecule has 34 heavy (non-hydrogen) atoms. The molecule has 0 spiro atoms. The topological polar surface area (TPSA) is 75.9 Å². The summed E-state index contributed by atoms with van der Waals surface area (Å²) in [4.78, 5) is 23.8. The minimum atomic E-state index is -4.65. The van der Waals surface area contributed by atoms with Crippen molar-refractivity contribution in [2.45, 2.75) is 32.0 Å². The molecule has 12 heteroatoms. The zero-order valence-corrected chi connectivity index (χ0v) is 20.0. The van der Waals surface area contributed by atoms with Gasteiger partial charge >= 0.3 is 6.18 Å². The van der Waals surface area contributed by atoms with Crippen molar-refractivity contribution >= 4 is 35.3 Å². The number of alkyl halides is 3. The van der Waals surface area contributed by atoms with Crippen LogP contribution in [0.4, 0.5) is 19.1 Å². The first-order chi connectivity index (χ1) is 16.2. The number of aromatic nitrogens is 4. The molecule has 7 nitrogen and oxygen atoms in total. The van der Waals surface area contributed by atoms with E-state index in [1.165, 1.54) is 30.1 Å². The molecule has 3 heterocycles. The molecule has 180 valence electrons. The van der Waals surface area contributed by atoms with Crippen LogP contribution in [-0.2, 0) is 6.18 Å². The summed E-state index contributed by atoms with van der Waals surface area (Å²) in [5.74, 6) is -0.0151. The number of halogens is 4. The molecule has 0 amide bonds. The summed E-state index contributed by atoms with van der Waals surface area (Å²) in [5.41, 5.74) is -0.350. The summed E-state index contributed by atoms with van der Waals surface area (Å²) in [7, 11) is 0. The average Bonchev–Trinajstić information content (AvgIpc) is 3.28. The van der Waals surface area contributed by atoms with Gasteiger partial charge in [-0.1, -0.05) is 23.5 Å². The Balaban J connectivity index is 1.64. The molecule has 0 aliphatic carbocycles. The Hall–Kier alpha value is -2.63. The first-order valence-electron chi connectivity index (χ1n) is 10.5. The van der Waals surface area contributed by atoms with Gasteiger partial charge in [-0.3, -0.25) is 9.10 Å². The lowest BCUT2D eigenvalue weighted by Gasteiger charge is -2.30. The van der Waals surface area contributed by atoms with E-state index in [0.717, 1.165) is 32.1 Å². The smallest absolute Gasteiger partial charge is 0.351 e. The molecule has 1 N–H and O–H groups in total. The van der Waals surface area contributed by atoms with Gasteiger partial charge in [0.1, 0.15) is 23.3 Å². The molecule has 0 unspecified atom stereocenters. The number of Topliss-reactive ketones (excluding diaryl/α,β-unsaturated/α-hetero) is 1. The molecule has 0 radical (unpaired) electrons. The van der Waals surface area contributed by atoms with Crippen LogP contribution in [0.5, 0.6) is 0 Å². The summed E-state index contributed by atoms with van der Waals surface area (Å²) in [6.07, 6.45) is 2.61. The van der Waals surface area contributed by atoms with E-state index in [1.807, 2.05) is 6.26 Å². The van der Waals surface area contributed by atoms with Gasteiger partial charge in [-0.2, -0.15) is 13.2 Å². The van der Waals surface area contributed by atoms with Crippen LogP contribution >= 0.6 is 23.5 Å². The first kappa shape index (κ1) is 24.5. The summed E-state index contributed by atoms with van der Waals surface area (Å²) < 4.78 is 44.9. The van der Waals surface area contributed by atoms with Crippen LogP contribution in [0.2, 0.25) is 5.02 Å². The van der Waals surface area contributed by atoms with Crippen molar-refractivity contribution in [2.75, 3.05) is 24.7 Å². The average molecular weight is 511 g/mol. The Morgan fingerprint density at radius 1 is 1.24 bits per heavy atom. The Morgan fingerprint density at radius 2 is 1.97 bits per heavy atom. The number of carbonyl (C=O) groups is 1. The number of hydrogen-bond donors (Lipinski definition) is 1. The van der Waals surface area contributed by atoms with Crippen LogP contribution in [0.1, 0.15) is 35.7 Å². The molecule has 0 atom stereocenters. The van der Waals surface area contributed by atoms with Crippen LogP contribution in [-0.4, -0.2) is 55.0 Å². The maximum absolute atomic E-state index is 13.7. The number of nitrogens with zero attached hydrogens (tertiary/aromatic N) is 5. The van der Waals surface area contributed by atoms with Crippen molar-refractivity contribution in [3.63, 3.8) is 0 Å². The Morgan fingerprint density at radius 3 is 2.59 bits per heavy atom. The molecule has 1 saturated heterocycles. The third-order valence-electron chi connectivity index (χ3n) is 5.60. The van der Waals surface area contributed by atoms with E-state index in [2.05, 4.69) is 24.6 Å². The normalized spacial score (nSPS) is 15.5. The number of piperidine rings is 1. The van der Waals surface area contributed by atoms with Crippen LogP contribution in [0.3, 0.4) is 0 Å². The maximum Gasteiger partial charge on any atom is 0.420 e. The number of ketones is 1. The van der Waals surface area contributed by atoms with Crippen molar-refractivity contribution in [1.29, 1.82) is 0 Å². The van der Waals surface area contributed by atoms with E-state index in [9.17, 15) is 18.0 Å². The predicted molar refractivity (Wildman–Crippen MR) is 126 cm³/mol. The summed E-state index contributed by atoms with van der Waals surface area (Å²) in [6, 6.07) is 4.79. The fraction of sp³-hybridized carbons (Fsp3) is 0.364. The third-order valence-corrected chi connectivity index (χ3v) is 6.78. The quantitative estimate of drug-likeness (QED) is 0.353. The molecule has 3 aromatic rings. The molecule has 0 saturated carbocycles. The van der Waals surface area contributed by atoms with Crippen molar-refractivity contribution in [3.8, 4) is 17.1 Å². The highest BCUT2D eigenvalue weighted by atomic mass is 35.5. The van der Waals surface area contributed by atoms with Gasteiger partial charge in [0.2, 0.25) is 5.95 Å². The summed E-state index contributed by atoms with van der Waals surface area (Å²) in [5, 5.41) is 3.44. The standard InChI is InChI=1S/C22H22ClF3N6OS/c1-13(33)14-3-4-19(17(23)9-14)31-11-18(28-12-31)20-16(22(24,25)26)10-27-21(30-20)29-15-5-7-32(34-2)8-6-15/h3-4,9-12,15H,5-8H2,1-2H3,(H,27,29,30). The number of anilines is 1. The zero-order chi connectivity index (χ0) is 24.5. The number of benzene rings is 1. The second kappa shape index (κ2) is 9.93. The number of imidazole rings is 1. The van der Waals surface area contributed by atoms with E-state index >= 15 is 0 Å². The minimum Gasteiger partial charge on any atom is -0.351 e. The number of nitrogens with one attached hydrogen (secondary N) is 1. The van der Waals surface area contributed by atoms with Crippen LogP contribution in [0, 0.1) is 0 Å². The first-order valence-corrected chi connectivity index (χ1v) is 12.1. The fourth-order valence-corrected chi connectivity index (χ4v) is 4.59. The van der Waals surface area contributed by atoms with E-state index in [-0.39, 0.29) is 34.2 Å². The van der Waals surface area contributed by atoms with Gasteiger partial charge in [-0.25, -0.2) is 15.0 Å². The molecular formula is C22H22ClF3N6OS. The molecular weight excluding hydrogens is 489 g/mol. The number of hydrogen-bond acceptors (Lipinski definition) is 7. The van der Waals surface area contributed by atoms with Gasteiger partial charge in [0.15, 0.2) is 5.78 Å². The third kappa shape index (κ3) is 5.37. The van der Waals surface area contributed by atoms with E-state index in [4.69, 9.17) is 11.6 Å². The lowest BCUT2D eigenvalue weighted by Crippen LogP contribution is -2.35. The Labute approximate surface area is 203 Å². The summed E-state index contributed by atoms with van der Waals surface area (Å²) in [6.45, 7) is 3.17. The highest BCUT2D eigenvalue weighted by molar-refractivity contribution is 7.96. The second-order valence-electron chi connectivity index (χ2n) is 7.87. The van der Waals surface area contributed by atoms with Crippen molar-refractivity contribution in [3.05, 3.63) is 53.1 Å². The van der Waals surface area contributed by atoms with Gasteiger partial charge in [-0.15, -0.1) is 0 Å². The highest BCUT2D eigenvalue weighted by Crippen LogP contribution is 2.36. The van der Waals surface area contributed by atoms with Crippen molar-refractivity contribution in [1.82, 2.24) is 23.8 Å². The predicted octanol–water partition coefficient (Wildman–Crippen LogP) is 5.36. The molecule has 0 bridgehead atoms. The molecule has 2 aromatic heterocycles. The molecule has 1 aromatic carbocycles. The molecule has 4 rings (SSSR count). The van der Waals surface area contributed by atoms with Gasteiger partial charge in [0.05, 0.1) is 10.7 Å². The van der Waals surface area contributed by atoms with Crippen molar-refractivity contribution < 1.29 is 18.0 Å². The van der Waals surface area contributed by atoms with E-state index in [0.29, 0.717) is 11.3 Å². The van der Waals surface area contributed by atoms with Gasteiger partial charge in [0, 0.05) is 37.1 Å². The summed E-state index contributed by atoms with van der Waals surface area (Å²) >= 11 is 7.97. The van der Waals surface area contributed by atoms with E-state index < -0.39 is 11.7 Å². The van der Waals surface area contributed by atoms with Crippen LogP contribution < -0.4 is 5.32 Å². The lowest BCUT2D eigenvalue weighted by molar-refractivity contribution is -0.137. The number of carbonyl (C=O) groups excluding carboxylic acids is 1. The molecule has 1 fully saturated rings. The van der Waals surface area contributed by atoms with Gasteiger partial charge in [-0.05, 0) is 44.2 Å². The number of rotatable bonds is 6. The highest BCUT2D eigenvalue weighted by Gasteiger charge is 2.36. The second-order valence-corrected chi connectivity index (χ2v) is 9.16. The van der Waals surface area contributed by atoms with E-state index in [1.54, 1.807) is 24.1 Å². The zero-order valence-electron chi connectivity index (χ0n) is 18.4. The maximum atomic E-state index is 13.7. The molecule has 1 aliphatic heterocycles. The van der Waals surface area contributed by atoms with Crippen LogP contribution in [0.25, 0.3) is 17.1 Å². The van der Waals surface area contributed by atoms with Crippen molar-refractivity contribution in [2.24, 2.45) is 0 Å².